The predicted molar refractivity (Wildman–Crippen MR) is 123 cm³/mol. The summed E-state index contributed by atoms with van der Waals surface area (Å²) >= 11 is 0. The molecule has 3 aromatic rings. The SMILES string of the molecule is Cc1cc2c(cc1C(=O)N(C)C1CCCCC1)[nH]c(=O)c1cnc(C3CCCCC3)n12. The van der Waals surface area contributed by atoms with Crippen molar-refractivity contribution in [1.29, 1.82) is 0 Å². The van der Waals surface area contributed by atoms with Gasteiger partial charge in [0.2, 0.25) is 0 Å². The number of hydrogen-bond donors (Lipinski definition) is 1. The van der Waals surface area contributed by atoms with E-state index < -0.39 is 0 Å². The van der Waals surface area contributed by atoms with E-state index in [4.69, 9.17) is 0 Å². The molecular formula is C25H32N4O2. The van der Waals surface area contributed by atoms with Crippen LogP contribution in [-0.4, -0.2) is 38.3 Å². The zero-order valence-electron chi connectivity index (χ0n) is 18.6. The van der Waals surface area contributed by atoms with Crippen LogP contribution >= 0.6 is 0 Å². The van der Waals surface area contributed by atoms with Crippen molar-refractivity contribution >= 4 is 22.5 Å². The second kappa shape index (κ2) is 8.13. The summed E-state index contributed by atoms with van der Waals surface area (Å²) in [6, 6.07) is 4.23. The highest BCUT2D eigenvalue weighted by Gasteiger charge is 2.26. The number of aromatic amines is 1. The number of fused-ring (bicyclic) bond motifs is 3. The van der Waals surface area contributed by atoms with Crippen molar-refractivity contribution in [2.45, 2.75) is 83.1 Å². The number of H-pyrrole nitrogens is 1. The number of imidazole rings is 1. The van der Waals surface area contributed by atoms with Crippen molar-refractivity contribution in [2.75, 3.05) is 7.05 Å². The molecule has 2 fully saturated rings. The van der Waals surface area contributed by atoms with Gasteiger partial charge in [-0.05, 0) is 50.3 Å². The lowest BCUT2D eigenvalue weighted by Gasteiger charge is -2.31. The van der Waals surface area contributed by atoms with E-state index in [2.05, 4.69) is 9.97 Å². The van der Waals surface area contributed by atoms with Crippen LogP contribution in [0.1, 0.15) is 91.9 Å². The largest absolute Gasteiger partial charge is 0.339 e. The maximum absolute atomic E-state index is 13.3. The number of amides is 1. The zero-order chi connectivity index (χ0) is 21.5. The number of carbonyl (C=O) groups excluding carboxylic acids is 1. The first-order valence-corrected chi connectivity index (χ1v) is 11.9. The number of nitrogens with zero attached hydrogens (tertiary/aromatic N) is 3. The fourth-order valence-corrected chi connectivity index (χ4v) is 5.65. The first-order valence-electron chi connectivity index (χ1n) is 11.9. The first kappa shape index (κ1) is 20.3. The molecule has 1 amide bonds. The standard InChI is InChI=1S/C25H32N4O2/c1-16-13-21-20(14-19(16)25(31)28(2)18-11-7-4-8-12-18)27-24(30)22-15-26-23(29(21)22)17-9-5-3-6-10-17/h13-15,17-18H,3-12H2,1-2H3,(H,27,30). The molecule has 2 aliphatic carbocycles. The highest BCUT2D eigenvalue weighted by Crippen LogP contribution is 2.33. The third-order valence-corrected chi connectivity index (χ3v) is 7.50. The summed E-state index contributed by atoms with van der Waals surface area (Å²) < 4.78 is 2.04. The van der Waals surface area contributed by atoms with Gasteiger partial charge in [0.25, 0.3) is 11.5 Å². The van der Waals surface area contributed by atoms with Gasteiger partial charge in [-0.15, -0.1) is 0 Å². The van der Waals surface area contributed by atoms with Crippen LogP contribution in [0.3, 0.4) is 0 Å². The maximum atomic E-state index is 13.3. The lowest BCUT2D eigenvalue weighted by atomic mass is 9.88. The monoisotopic (exact) mass is 420 g/mol. The Morgan fingerprint density at radius 1 is 1.03 bits per heavy atom. The average Bonchev–Trinajstić information content (AvgIpc) is 3.26. The summed E-state index contributed by atoms with van der Waals surface area (Å²) in [4.78, 5) is 35.7. The Balaban J connectivity index is 1.60. The Kier molecular flexibility index (Phi) is 5.32. The summed E-state index contributed by atoms with van der Waals surface area (Å²) in [6.45, 7) is 2.00. The van der Waals surface area contributed by atoms with Gasteiger partial charge in [-0.1, -0.05) is 38.5 Å². The molecule has 31 heavy (non-hydrogen) atoms. The average molecular weight is 421 g/mol. The van der Waals surface area contributed by atoms with Crippen molar-refractivity contribution in [2.24, 2.45) is 0 Å². The molecule has 0 unspecified atom stereocenters. The Labute approximate surface area is 182 Å². The van der Waals surface area contributed by atoms with E-state index in [-0.39, 0.29) is 11.5 Å². The quantitative estimate of drug-likeness (QED) is 0.653. The lowest BCUT2D eigenvalue weighted by Crippen LogP contribution is -2.38. The Bertz CT molecular complexity index is 1180. The van der Waals surface area contributed by atoms with E-state index in [1.807, 2.05) is 35.4 Å². The second-order valence-corrected chi connectivity index (χ2v) is 9.52. The number of nitrogens with one attached hydrogen (secondary N) is 1. The highest BCUT2D eigenvalue weighted by molar-refractivity contribution is 5.99. The molecule has 1 aromatic carbocycles. The Morgan fingerprint density at radius 3 is 2.42 bits per heavy atom. The molecule has 0 spiro atoms. The third-order valence-electron chi connectivity index (χ3n) is 7.50. The lowest BCUT2D eigenvalue weighted by molar-refractivity contribution is 0.0695. The number of benzene rings is 1. The summed E-state index contributed by atoms with van der Waals surface area (Å²) in [6.07, 6.45) is 13.4. The van der Waals surface area contributed by atoms with E-state index in [0.29, 0.717) is 28.6 Å². The summed E-state index contributed by atoms with van der Waals surface area (Å²) in [5.74, 6) is 1.43. The van der Waals surface area contributed by atoms with Crippen molar-refractivity contribution in [3.8, 4) is 0 Å². The second-order valence-electron chi connectivity index (χ2n) is 9.52. The smallest absolute Gasteiger partial charge is 0.274 e. The van der Waals surface area contributed by atoms with Crippen LogP contribution in [0, 0.1) is 6.92 Å². The number of aromatic nitrogens is 3. The summed E-state index contributed by atoms with van der Waals surface area (Å²) in [5.41, 5.74) is 3.70. The third kappa shape index (κ3) is 3.56. The van der Waals surface area contributed by atoms with Gasteiger partial charge in [0.15, 0.2) is 0 Å². The van der Waals surface area contributed by atoms with Crippen molar-refractivity contribution < 1.29 is 4.79 Å². The van der Waals surface area contributed by atoms with E-state index >= 15 is 0 Å². The van der Waals surface area contributed by atoms with Crippen LogP contribution < -0.4 is 5.56 Å². The molecule has 6 heteroatoms. The van der Waals surface area contributed by atoms with Crippen LogP contribution in [0.5, 0.6) is 0 Å². The molecule has 0 saturated heterocycles. The van der Waals surface area contributed by atoms with E-state index in [1.54, 1.807) is 6.20 Å². The van der Waals surface area contributed by atoms with Gasteiger partial charge in [0, 0.05) is 24.6 Å². The molecule has 1 N–H and O–H groups in total. The maximum Gasteiger partial charge on any atom is 0.274 e. The minimum atomic E-state index is -0.148. The molecule has 0 radical (unpaired) electrons. The van der Waals surface area contributed by atoms with Crippen LogP contribution in [0.25, 0.3) is 16.6 Å². The molecule has 2 saturated carbocycles. The molecule has 0 bridgehead atoms. The topological polar surface area (TPSA) is 70.5 Å². The Hall–Kier alpha value is -2.63. The molecule has 0 aliphatic heterocycles. The van der Waals surface area contributed by atoms with Crippen LogP contribution in [-0.2, 0) is 0 Å². The van der Waals surface area contributed by atoms with Gasteiger partial charge in [-0.2, -0.15) is 0 Å². The van der Waals surface area contributed by atoms with E-state index in [0.717, 1.165) is 42.6 Å². The molecule has 5 rings (SSSR count). The zero-order valence-corrected chi connectivity index (χ0v) is 18.6. The van der Waals surface area contributed by atoms with Gasteiger partial charge < -0.3 is 9.88 Å². The normalized spacial score (nSPS) is 18.6. The van der Waals surface area contributed by atoms with E-state index in [9.17, 15) is 9.59 Å². The predicted octanol–water partition coefficient (Wildman–Crippen LogP) is 4.94. The number of rotatable bonds is 3. The Morgan fingerprint density at radius 2 is 1.71 bits per heavy atom. The van der Waals surface area contributed by atoms with Crippen molar-refractivity contribution in [3.63, 3.8) is 0 Å². The first-order chi connectivity index (χ1) is 15.0. The van der Waals surface area contributed by atoms with Gasteiger partial charge in [-0.25, -0.2) is 4.98 Å². The molecule has 164 valence electrons. The molecule has 0 atom stereocenters. The van der Waals surface area contributed by atoms with Crippen LogP contribution in [0.2, 0.25) is 0 Å². The van der Waals surface area contributed by atoms with Gasteiger partial charge >= 0.3 is 0 Å². The van der Waals surface area contributed by atoms with Crippen molar-refractivity contribution in [3.05, 3.63) is 45.6 Å². The van der Waals surface area contributed by atoms with Gasteiger partial charge in [-0.3, -0.25) is 14.0 Å². The highest BCUT2D eigenvalue weighted by atomic mass is 16.2. The fourth-order valence-electron chi connectivity index (χ4n) is 5.65. The summed E-state index contributed by atoms with van der Waals surface area (Å²) in [5, 5.41) is 0. The number of hydrogen-bond acceptors (Lipinski definition) is 3. The van der Waals surface area contributed by atoms with E-state index in [1.165, 1.54) is 38.5 Å². The number of carbonyl (C=O) groups is 1. The molecular weight excluding hydrogens is 388 g/mol. The minimum Gasteiger partial charge on any atom is -0.339 e. The number of aryl methyl sites for hydroxylation is 1. The molecule has 2 aromatic heterocycles. The van der Waals surface area contributed by atoms with Crippen molar-refractivity contribution in [1.82, 2.24) is 19.3 Å². The molecule has 6 nitrogen and oxygen atoms in total. The van der Waals surface area contributed by atoms with Crippen LogP contribution in [0.4, 0.5) is 0 Å². The van der Waals surface area contributed by atoms with Gasteiger partial charge in [0.1, 0.15) is 11.3 Å². The fraction of sp³-hybridized carbons (Fsp3) is 0.560. The molecule has 2 aliphatic rings. The van der Waals surface area contributed by atoms with Gasteiger partial charge in [0.05, 0.1) is 17.2 Å². The summed E-state index contributed by atoms with van der Waals surface area (Å²) in [7, 11) is 1.92. The van der Waals surface area contributed by atoms with Crippen LogP contribution in [0.15, 0.2) is 23.1 Å². The molecule has 2 heterocycles. The minimum absolute atomic E-state index is 0.0466.